The molecular formula is C12H20FN. The summed E-state index contributed by atoms with van der Waals surface area (Å²) in [5.74, 6) is 2.67. The number of rotatable bonds is 3. The highest BCUT2D eigenvalue weighted by Gasteiger charge is 2.44. The fourth-order valence-electron chi connectivity index (χ4n) is 3.60. The van der Waals surface area contributed by atoms with Gasteiger partial charge in [-0.05, 0) is 49.5 Å². The van der Waals surface area contributed by atoms with E-state index in [0.29, 0.717) is 23.8 Å². The lowest BCUT2D eigenvalue weighted by Gasteiger charge is -2.48. The SMILES string of the molecule is FCC1C2CC[C@H](NC2)[C@@H]1CC1CC1. The summed E-state index contributed by atoms with van der Waals surface area (Å²) in [4.78, 5) is 0. The Labute approximate surface area is 85.5 Å². The number of piperidine rings is 2. The molecule has 0 aromatic carbocycles. The Morgan fingerprint density at radius 3 is 2.50 bits per heavy atom. The molecule has 14 heavy (non-hydrogen) atoms. The molecule has 2 unspecified atom stereocenters. The van der Waals surface area contributed by atoms with Crippen LogP contribution in [0.5, 0.6) is 0 Å². The van der Waals surface area contributed by atoms with Gasteiger partial charge in [0.05, 0.1) is 6.67 Å². The van der Waals surface area contributed by atoms with Gasteiger partial charge in [-0.15, -0.1) is 0 Å². The van der Waals surface area contributed by atoms with E-state index in [0.717, 1.165) is 12.5 Å². The van der Waals surface area contributed by atoms with Crippen molar-refractivity contribution in [3.8, 4) is 0 Å². The molecule has 1 nitrogen and oxygen atoms in total. The fraction of sp³-hybridized carbons (Fsp3) is 1.00. The summed E-state index contributed by atoms with van der Waals surface area (Å²) in [7, 11) is 0. The van der Waals surface area contributed by atoms with Crippen molar-refractivity contribution in [3.63, 3.8) is 0 Å². The van der Waals surface area contributed by atoms with E-state index in [1.165, 1.54) is 32.1 Å². The summed E-state index contributed by atoms with van der Waals surface area (Å²) < 4.78 is 13.0. The second kappa shape index (κ2) is 3.48. The minimum atomic E-state index is -0.0692. The van der Waals surface area contributed by atoms with Crippen LogP contribution in [-0.2, 0) is 0 Å². The maximum absolute atomic E-state index is 13.0. The van der Waals surface area contributed by atoms with E-state index in [-0.39, 0.29) is 6.67 Å². The maximum Gasteiger partial charge on any atom is 0.0928 e. The predicted molar refractivity (Wildman–Crippen MR) is 54.8 cm³/mol. The Kier molecular flexibility index (Phi) is 2.27. The van der Waals surface area contributed by atoms with Gasteiger partial charge in [-0.2, -0.15) is 0 Å². The summed E-state index contributed by atoms with van der Waals surface area (Å²) in [6.45, 7) is 1.01. The van der Waals surface area contributed by atoms with E-state index in [1.54, 1.807) is 0 Å². The maximum atomic E-state index is 13.0. The van der Waals surface area contributed by atoms with Gasteiger partial charge in [-0.3, -0.25) is 4.39 Å². The van der Waals surface area contributed by atoms with Crippen molar-refractivity contribution >= 4 is 0 Å². The minimum absolute atomic E-state index is 0.0692. The van der Waals surface area contributed by atoms with Gasteiger partial charge in [0.2, 0.25) is 0 Å². The van der Waals surface area contributed by atoms with Gasteiger partial charge in [0.25, 0.3) is 0 Å². The number of fused-ring (bicyclic) bond motifs is 3. The van der Waals surface area contributed by atoms with Crippen molar-refractivity contribution in [2.75, 3.05) is 13.2 Å². The molecule has 4 rings (SSSR count). The molecule has 2 saturated heterocycles. The van der Waals surface area contributed by atoms with E-state index in [2.05, 4.69) is 5.32 Å². The first-order valence-corrected chi connectivity index (χ1v) is 6.18. The zero-order valence-electron chi connectivity index (χ0n) is 8.71. The Morgan fingerprint density at radius 2 is 1.93 bits per heavy atom. The third-order valence-electron chi connectivity index (χ3n) is 4.64. The quantitative estimate of drug-likeness (QED) is 0.732. The average Bonchev–Trinajstić information content (AvgIpc) is 3.03. The van der Waals surface area contributed by atoms with Crippen LogP contribution in [0, 0.1) is 23.7 Å². The Balaban J connectivity index is 1.71. The molecule has 0 aromatic rings. The zero-order chi connectivity index (χ0) is 9.54. The van der Waals surface area contributed by atoms with Gasteiger partial charge < -0.3 is 5.32 Å². The number of nitrogens with one attached hydrogen (secondary N) is 1. The van der Waals surface area contributed by atoms with Crippen LogP contribution in [-0.4, -0.2) is 19.3 Å². The first kappa shape index (κ1) is 9.14. The lowest BCUT2D eigenvalue weighted by Crippen LogP contribution is -2.56. The monoisotopic (exact) mass is 197 g/mol. The summed E-state index contributed by atoms with van der Waals surface area (Å²) in [6.07, 6.45) is 6.70. The zero-order valence-corrected chi connectivity index (χ0v) is 8.71. The smallest absolute Gasteiger partial charge is 0.0928 e. The molecule has 4 aliphatic rings. The molecule has 4 fully saturated rings. The molecule has 0 amide bonds. The molecule has 80 valence electrons. The topological polar surface area (TPSA) is 12.0 Å². The molecule has 0 spiro atoms. The van der Waals surface area contributed by atoms with Crippen molar-refractivity contribution < 1.29 is 4.39 Å². The molecular weight excluding hydrogens is 177 g/mol. The van der Waals surface area contributed by atoms with Crippen molar-refractivity contribution in [2.45, 2.75) is 38.1 Å². The van der Waals surface area contributed by atoms with Gasteiger partial charge in [0, 0.05) is 6.04 Å². The number of alkyl halides is 1. The number of hydrogen-bond acceptors (Lipinski definition) is 1. The van der Waals surface area contributed by atoms with E-state index in [9.17, 15) is 4.39 Å². The molecule has 4 atom stereocenters. The van der Waals surface area contributed by atoms with E-state index in [4.69, 9.17) is 0 Å². The molecule has 0 radical (unpaired) electrons. The fourth-order valence-corrected chi connectivity index (χ4v) is 3.60. The van der Waals surface area contributed by atoms with Crippen LogP contribution < -0.4 is 5.32 Å². The predicted octanol–water partition coefficient (Wildman–Crippen LogP) is 2.37. The molecule has 2 saturated carbocycles. The Morgan fingerprint density at radius 1 is 1.07 bits per heavy atom. The standard InChI is InChI=1S/C12H20FN/c13-6-11-9-3-4-12(14-7-9)10(11)5-8-1-2-8/h8-12,14H,1-7H2/t9?,10-,11?,12+/m1/s1. The van der Waals surface area contributed by atoms with Crippen LogP contribution >= 0.6 is 0 Å². The summed E-state index contributed by atoms with van der Waals surface area (Å²) in [6, 6.07) is 0.654. The number of halogens is 1. The van der Waals surface area contributed by atoms with Crippen LogP contribution in [0.3, 0.4) is 0 Å². The van der Waals surface area contributed by atoms with Crippen LogP contribution in [0.4, 0.5) is 4.39 Å². The summed E-state index contributed by atoms with van der Waals surface area (Å²) >= 11 is 0. The molecule has 2 aliphatic carbocycles. The van der Waals surface area contributed by atoms with Gasteiger partial charge in [-0.1, -0.05) is 12.8 Å². The van der Waals surface area contributed by atoms with Crippen LogP contribution in [0.1, 0.15) is 32.1 Å². The summed E-state index contributed by atoms with van der Waals surface area (Å²) in [5, 5.41) is 3.60. The molecule has 1 N–H and O–H groups in total. The van der Waals surface area contributed by atoms with Crippen LogP contribution in [0.2, 0.25) is 0 Å². The van der Waals surface area contributed by atoms with Crippen LogP contribution in [0.15, 0.2) is 0 Å². The largest absolute Gasteiger partial charge is 0.313 e. The minimum Gasteiger partial charge on any atom is -0.313 e. The van der Waals surface area contributed by atoms with Gasteiger partial charge in [0.15, 0.2) is 0 Å². The Bertz CT molecular complexity index is 206. The first-order chi connectivity index (χ1) is 6.88. The molecule has 2 aliphatic heterocycles. The molecule has 2 bridgehead atoms. The third kappa shape index (κ3) is 1.48. The highest BCUT2D eigenvalue weighted by Crippen LogP contribution is 2.46. The second-order valence-electron chi connectivity index (χ2n) is 5.51. The van der Waals surface area contributed by atoms with Crippen molar-refractivity contribution in [2.24, 2.45) is 23.7 Å². The van der Waals surface area contributed by atoms with Gasteiger partial charge in [-0.25, -0.2) is 0 Å². The third-order valence-corrected chi connectivity index (χ3v) is 4.64. The van der Waals surface area contributed by atoms with Crippen molar-refractivity contribution in [1.29, 1.82) is 0 Å². The van der Waals surface area contributed by atoms with Crippen molar-refractivity contribution in [3.05, 3.63) is 0 Å². The first-order valence-electron chi connectivity index (χ1n) is 6.18. The van der Waals surface area contributed by atoms with E-state index in [1.807, 2.05) is 0 Å². The van der Waals surface area contributed by atoms with Crippen molar-refractivity contribution in [1.82, 2.24) is 5.32 Å². The Hall–Kier alpha value is -0.110. The lowest BCUT2D eigenvalue weighted by molar-refractivity contribution is 0.0317. The molecule has 2 heterocycles. The van der Waals surface area contributed by atoms with Gasteiger partial charge >= 0.3 is 0 Å². The number of hydrogen-bond donors (Lipinski definition) is 1. The lowest BCUT2D eigenvalue weighted by atomic mass is 9.65. The van der Waals surface area contributed by atoms with E-state index >= 15 is 0 Å². The van der Waals surface area contributed by atoms with E-state index < -0.39 is 0 Å². The average molecular weight is 197 g/mol. The summed E-state index contributed by atoms with van der Waals surface area (Å²) in [5.41, 5.74) is 0. The second-order valence-corrected chi connectivity index (χ2v) is 5.51. The normalized spacial score (nSPS) is 46.9. The molecule has 2 heteroatoms. The van der Waals surface area contributed by atoms with Crippen LogP contribution in [0.25, 0.3) is 0 Å². The highest BCUT2D eigenvalue weighted by atomic mass is 19.1. The highest BCUT2D eigenvalue weighted by molar-refractivity contribution is 4.98. The molecule has 0 aromatic heterocycles. The van der Waals surface area contributed by atoms with Gasteiger partial charge in [0.1, 0.15) is 0 Å².